The van der Waals surface area contributed by atoms with Crippen LogP contribution in [-0.4, -0.2) is 12.1 Å². The van der Waals surface area contributed by atoms with Gasteiger partial charge in [0.2, 0.25) is 0 Å². The second-order valence-electron chi connectivity index (χ2n) is 3.91. The lowest BCUT2D eigenvalue weighted by Gasteiger charge is -2.15. The third-order valence-corrected chi connectivity index (χ3v) is 2.26. The minimum absolute atomic E-state index is 0.0777. The van der Waals surface area contributed by atoms with Crippen LogP contribution in [0.4, 0.5) is 23.7 Å². The Labute approximate surface area is 108 Å². The van der Waals surface area contributed by atoms with Crippen molar-refractivity contribution < 1.29 is 18.0 Å². The van der Waals surface area contributed by atoms with Crippen LogP contribution < -0.4 is 10.6 Å². The Morgan fingerprint density at radius 3 is 2.63 bits per heavy atom. The van der Waals surface area contributed by atoms with E-state index in [1.54, 1.807) is 6.92 Å². The summed E-state index contributed by atoms with van der Waals surface area (Å²) in [6.45, 7) is 1.58. The first-order valence-corrected chi connectivity index (χ1v) is 5.45. The predicted octanol–water partition coefficient (Wildman–Crippen LogP) is 3.13. The third kappa shape index (κ3) is 4.50. The van der Waals surface area contributed by atoms with E-state index in [4.69, 9.17) is 5.26 Å². The molecule has 0 saturated heterocycles. The molecule has 4 nitrogen and oxygen atoms in total. The Morgan fingerprint density at radius 2 is 2.05 bits per heavy atom. The van der Waals surface area contributed by atoms with Crippen molar-refractivity contribution >= 4 is 11.7 Å². The molecule has 0 fully saturated rings. The molecule has 1 rings (SSSR count). The van der Waals surface area contributed by atoms with Crippen LogP contribution in [0.3, 0.4) is 0 Å². The van der Waals surface area contributed by atoms with E-state index >= 15 is 0 Å². The van der Waals surface area contributed by atoms with Crippen LogP contribution in [0.5, 0.6) is 0 Å². The van der Waals surface area contributed by atoms with Crippen molar-refractivity contribution in [3.8, 4) is 6.07 Å². The molecule has 0 aromatic heterocycles. The average Bonchev–Trinajstić information content (AvgIpc) is 2.28. The minimum Gasteiger partial charge on any atom is -0.334 e. The summed E-state index contributed by atoms with van der Waals surface area (Å²) in [4.78, 5) is 11.5. The fraction of sp³-hybridized carbons (Fsp3) is 0.333. The summed E-state index contributed by atoms with van der Waals surface area (Å²) >= 11 is 0. The molecule has 7 heteroatoms. The predicted molar refractivity (Wildman–Crippen MR) is 63.3 cm³/mol. The molecule has 19 heavy (non-hydrogen) atoms. The molecule has 1 aromatic carbocycles. The first kappa shape index (κ1) is 14.8. The van der Waals surface area contributed by atoms with Crippen LogP contribution >= 0.6 is 0 Å². The average molecular weight is 271 g/mol. The molecular formula is C12H12F3N3O. The summed E-state index contributed by atoms with van der Waals surface area (Å²) in [5.41, 5.74) is -1.24. The summed E-state index contributed by atoms with van der Waals surface area (Å²) in [6.07, 6.45) is -4.46. The Hall–Kier alpha value is -2.23. The number of anilines is 1. The largest absolute Gasteiger partial charge is 0.418 e. The van der Waals surface area contributed by atoms with E-state index in [0.29, 0.717) is 0 Å². The molecule has 2 N–H and O–H groups in total. The molecule has 102 valence electrons. The molecule has 0 heterocycles. The molecule has 0 aliphatic carbocycles. The maximum Gasteiger partial charge on any atom is 0.418 e. The first-order valence-electron chi connectivity index (χ1n) is 5.45. The molecule has 0 saturated carbocycles. The number of hydrogen-bond acceptors (Lipinski definition) is 2. The number of carbonyl (C=O) groups is 1. The van der Waals surface area contributed by atoms with Gasteiger partial charge in [0.15, 0.2) is 0 Å². The summed E-state index contributed by atoms with van der Waals surface area (Å²) in [5.74, 6) is 0. The van der Waals surface area contributed by atoms with Crippen molar-refractivity contribution in [1.82, 2.24) is 5.32 Å². The number of rotatable bonds is 3. The number of nitrogens with zero attached hydrogens (tertiary/aromatic N) is 1. The molecule has 1 unspecified atom stereocenters. The lowest BCUT2D eigenvalue weighted by Crippen LogP contribution is -2.36. The van der Waals surface area contributed by atoms with Crippen LogP contribution in [-0.2, 0) is 6.18 Å². The molecule has 2 amide bonds. The Kier molecular flexibility index (Phi) is 4.75. The number of alkyl halides is 3. The number of urea groups is 1. The maximum atomic E-state index is 12.7. The highest BCUT2D eigenvalue weighted by Crippen LogP contribution is 2.34. The number of hydrogen-bond donors (Lipinski definition) is 2. The van der Waals surface area contributed by atoms with Gasteiger partial charge < -0.3 is 10.6 Å². The number of para-hydroxylation sites is 1. The number of benzene rings is 1. The van der Waals surface area contributed by atoms with Gasteiger partial charge in [0.25, 0.3) is 0 Å². The van der Waals surface area contributed by atoms with E-state index in [-0.39, 0.29) is 12.1 Å². The van der Waals surface area contributed by atoms with Gasteiger partial charge in [-0.15, -0.1) is 0 Å². The Balaban J connectivity index is 2.78. The lowest BCUT2D eigenvalue weighted by molar-refractivity contribution is -0.136. The SMILES string of the molecule is CC(CC#N)NC(=O)Nc1ccccc1C(F)(F)F. The van der Waals surface area contributed by atoms with Crippen LogP contribution in [0.2, 0.25) is 0 Å². The normalized spacial score (nSPS) is 12.4. The van der Waals surface area contributed by atoms with Crippen molar-refractivity contribution in [2.45, 2.75) is 25.6 Å². The lowest BCUT2D eigenvalue weighted by atomic mass is 10.1. The molecular weight excluding hydrogens is 259 g/mol. The molecule has 1 atom stereocenters. The molecule has 0 aliphatic heterocycles. The van der Waals surface area contributed by atoms with Crippen LogP contribution in [0.15, 0.2) is 24.3 Å². The fourth-order valence-electron chi connectivity index (χ4n) is 1.41. The van der Waals surface area contributed by atoms with Gasteiger partial charge in [0.1, 0.15) is 0 Å². The van der Waals surface area contributed by atoms with Gasteiger partial charge >= 0.3 is 12.2 Å². The Bertz CT molecular complexity index is 494. The minimum atomic E-state index is -4.54. The van der Waals surface area contributed by atoms with E-state index in [2.05, 4.69) is 10.6 Å². The van der Waals surface area contributed by atoms with E-state index in [1.807, 2.05) is 6.07 Å². The van der Waals surface area contributed by atoms with E-state index < -0.39 is 23.8 Å². The van der Waals surface area contributed by atoms with E-state index in [0.717, 1.165) is 12.1 Å². The quantitative estimate of drug-likeness (QED) is 0.887. The second kappa shape index (κ2) is 6.09. The van der Waals surface area contributed by atoms with Gasteiger partial charge in [-0.1, -0.05) is 12.1 Å². The van der Waals surface area contributed by atoms with Gasteiger partial charge in [-0.05, 0) is 19.1 Å². The fourth-order valence-corrected chi connectivity index (χ4v) is 1.41. The number of halogens is 3. The number of carbonyl (C=O) groups excluding carboxylic acids is 1. The van der Waals surface area contributed by atoms with Gasteiger partial charge in [-0.25, -0.2) is 4.79 Å². The van der Waals surface area contributed by atoms with Crippen LogP contribution in [0, 0.1) is 11.3 Å². The highest BCUT2D eigenvalue weighted by atomic mass is 19.4. The van der Waals surface area contributed by atoms with Crippen molar-refractivity contribution in [1.29, 1.82) is 5.26 Å². The van der Waals surface area contributed by atoms with Gasteiger partial charge in [-0.3, -0.25) is 0 Å². The molecule has 0 aliphatic rings. The zero-order chi connectivity index (χ0) is 14.5. The summed E-state index contributed by atoms with van der Waals surface area (Å²) in [6, 6.07) is 5.31. The Morgan fingerprint density at radius 1 is 1.42 bits per heavy atom. The number of nitriles is 1. The third-order valence-electron chi connectivity index (χ3n) is 2.26. The number of amides is 2. The molecule has 0 spiro atoms. The number of nitrogens with one attached hydrogen (secondary N) is 2. The van der Waals surface area contributed by atoms with Gasteiger partial charge in [-0.2, -0.15) is 18.4 Å². The summed E-state index contributed by atoms with van der Waals surface area (Å²) in [5, 5.41) is 12.9. The highest BCUT2D eigenvalue weighted by molar-refractivity contribution is 5.90. The van der Waals surface area contributed by atoms with E-state index in [1.165, 1.54) is 12.1 Å². The monoisotopic (exact) mass is 271 g/mol. The van der Waals surface area contributed by atoms with Crippen molar-refractivity contribution in [2.75, 3.05) is 5.32 Å². The van der Waals surface area contributed by atoms with Crippen LogP contribution in [0.25, 0.3) is 0 Å². The zero-order valence-electron chi connectivity index (χ0n) is 10.1. The molecule has 0 bridgehead atoms. The first-order chi connectivity index (χ1) is 8.84. The zero-order valence-corrected chi connectivity index (χ0v) is 10.1. The van der Waals surface area contributed by atoms with Gasteiger partial charge in [0.05, 0.1) is 23.7 Å². The summed E-state index contributed by atoms with van der Waals surface area (Å²) < 4.78 is 38.0. The second-order valence-corrected chi connectivity index (χ2v) is 3.91. The standard InChI is InChI=1S/C12H12F3N3O/c1-8(6-7-16)17-11(19)18-10-5-3-2-4-9(10)12(13,14)15/h2-5,8H,6H2,1H3,(H2,17,18,19). The molecule has 1 aromatic rings. The van der Waals surface area contributed by atoms with Crippen molar-refractivity contribution in [2.24, 2.45) is 0 Å². The topological polar surface area (TPSA) is 64.9 Å². The molecule has 0 radical (unpaired) electrons. The maximum absolute atomic E-state index is 12.7. The summed E-state index contributed by atoms with van der Waals surface area (Å²) in [7, 11) is 0. The van der Waals surface area contributed by atoms with Crippen molar-refractivity contribution in [3.05, 3.63) is 29.8 Å². The van der Waals surface area contributed by atoms with Crippen LogP contribution in [0.1, 0.15) is 18.9 Å². The van der Waals surface area contributed by atoms with Crippen molar-refractivity contribution in [3.63, 3.8) is 0 Å². The van der Waals surface area contributed by atoms with Gasteiger partial charge in [0, 0.05) is 6.04 Å². The smallest absolute Gasteiger partial charge is 0.334 e. The highest BCUT2D eigenvalue weighted by Gasteiger charge is 2.33. The van der Waals surface area contributed by atoms with E-state index in [9.17, 15) is 18.0 Å².